The highest BCUT2D eigenvalue weighted by Crippen LogP contribution is 2.47. The molecular weight excluding hydrogens is 479 g/mol. The smallest absolute Gasteiger partial charge is 0.238 e. The minimum absolute atomic E-state index is 0. The SMILES string of the molecule is CN=C(NCCc1ccc(S(N)(=O)=O)cc1)N1CC2C3CCC(O3)C2C1.I. The van der Waals surface area contributed by atoms with Crippen LogP contribution in [0.3, 0.4) is 0 Å². The van der Waals surface area contributed by atoms with Gasteiger partial charge in [-0.2, -0.15) is 0 Å². The van der Waals surface area contributed by atoms with Crippen molar-refractivity contribution >= 4 is 40.0 Å². The van der Waals surface area contributed by atoms with Gasteiger partial charge in [0.15, 0.2) is 5.96 Å². The van der Waals surface area contributed by atoms with Crippen LogP contribution in [0.15, 0.2) is 34.2 Å². The summed E-state index contributed by atoms with van der Waals surface area (Å²) in [5, 5.41) is 8.56. The molecule has 2 bridgehead atoms. The van der Waals surface area contributed by atoms with Gasteiger partial charge in [-0.25, -0.2) is 13.6 Å². The number of hydrogen-bond acceptors (Lipinski definition) is 4. The number of rotatable bonds is 4. The largest absolute Gasteiger partial charge is 0.374 e. The molecular formula is C18H27IN4O3S. The van der Waals surface area contributed by atoms with E-state index < -0.39 is 10.0 Å². The number of likely N-dealkylation sites (tertiary alicyclic amines) is 1. The van der Waals surface area contributed by atoms with E-state index in [-0.39, 0.29) is 28.9 Å². The van der Waals surface area contributed by atoms with Gasteiger partial charge in [0, 0.05) is 38.5 Å². The molecule has 0 amide bonds. The molecule has 0 aromatic heterocycles. The van der Waals surface area contributed by atoms with Crippen LogP contribution in [0.25, 0.3) is 0 Å². The Morgan fingerprint density at radius 1 is 1.22 bits per heavy atom. The first-order valence-corrected chi connectivity index (χ1v) is 10.7. The number of primary sulfonamides is 1. The number of nitrogens with two attached hydrogens (primary N) is 1. The molecule has 3 fully saturated rings. The number of halogens is 1. The summed E-state index contributed by atoms with van der Waals surface area (Å²) < 4.78 is 28.6. The average molecular weight is 506 g/mol. The fourth-order valence-electron chi connectivity index (χ4n) is 4.63. The second kappa shape index (κ2) is 8.22. The summed E-state index contributed by atoms with van der Waals surface area (Å²) in [6, 6.07) is 6.72. The summed E-state index contributed by atoms with van der Waals surface area (Å²) >= 11 is 0. The van der Waals surface area contributed by atoms with Crippen LogP contribution in [0.5, 0.6) is 0 Å². The van der Waals surface area contributed by atoms with Crippen molar-refractivity contribution < 1.29 is 13.2 Å². The molecule has 4 unspecified atom stereocenters. The van der Waals surface area contributed by atoms with Gasteiger partial charge in [0.2, 0.25) is 10.0 Å². The van der Waals surface area contributed by atoms with Gasteiger partial charge in [0.25, 0.3) is 0 Å². The van der Waals surface area contributed by atoms with E-state index >= 15 is 0 Å². The molecule has 3 heterocycles. The van der Waals surface area contributed by atoms with Gasteiger partial charge in [-0.1, -0.05) is 12.1 Å². The number of benzene rings is 1. The number of nitrogens with zero attached hydrogens (tertiary/aromatic N) is 2. The molecule has 3 saturated heterocycles. The minimum Gasteiger partial charge on any atom is -0.374 e. The van der Waals surface area contributed by atoms with E-state index in [1.54, 1.807) is 24.3 Å². The molecule has 1 aromatic carbocycles. The first kappa shape index (κ1) is 20.8. The second-order valence-corrected chi connectivity index (χ2v) is 9.00. The highest BCUT2D eigenvalue weighted by molar-refractivity contribution is 14.0. The van der Waals surface area contributed by atoms with E-state index in [1.165, 1.54) is 12.8 Å². The Labute approximate surface area is 177 Å². The Bertz CT molecular complexity index is 781. The highest BCUT2D eigenvalue weighted by atomic mass is 127. The average Bonchev–Trinajstić information content (AvgIpc) is 3.31. The first-order chi connectivity index (χ1) is 12.5. The zero-order valence-corrected chi connectivity index (χ0v) is 18.5. The number of aliphatic imine (C=N–C) groups is 1. The molecule has 0 radical (unpaired) electrons. The topological polar surface area (TPSA) is 97.0 Å². The molecule has 9 heteroatoms. The summed E-state index contributed by atoms with van der Waals surface area (Å²) in [5.41, 5.74) is 1.06. The molecule has 27 heavy (non-hydrogen) atoms. The van der Waals surface area contributed by atoms with Crippen LogP contribution in [0.1, 0.15) is 18.4 Å². The lowest BCUT2D eigenvalue weighted by molar-refractivity contribution is 0.0767. The van der Waals surface area contributed by atoms with Crippen LogP contribution < -0.4 is 10.5 Å². The molecule has 0 saturated carbocycles. The van der Waals surface area contributed by atoms with E-state index in [2.05, 4.69) is 15.2 Å². The summed E-state index contributed by atoms with van der Waals surface area (Å²) in [7, 11) is -1.81. The molecule has 0 aliphatic carbocycles. The Hall–Kier alpha value is -0.910. The van der Waals surface area contributed by atoms with Crippen molar-refractivity contribution in [2.45, 2.75) is 36.4 Å². The third-order valence-corrected chi connectivity index (χ3v) is 6.84. The maximum Gasteiger partial charge on any atom is 0.238 e. The van der Waals surface area contributed by atoms with Gasteiger partial charge < -0.3 is 15.0 Å². The molecule has 150 valence electrons. The van der Waals surface area contributed by atoms with Crippen molar-refractivity contribution in [1.29, 1.82) is 0 Å². The fraction of sp³-hybridized carbons (Fsp3) is 0.611. The van der Waals surface area contributed by atoms with E-state index in [0.717, 1.165) is 37.6 Å². The lowest BCUT2D eigenvalue weighted by Gasteiger charge is -2.23. The van der Waals surface area contributed by atoms with Crippen molar-refractivity contribution in [2.75, 3.05) is 26.7 Å². The minimum atomic E-state index is -3.63. The molecule has 3 N–H and O–H groups in total. The fourth-order valence-corrected chi connectivity index (χ4v) is 5.15. The molecule has 0 spiro atoms. The van der Waals surface area contributed by atoms with Crippen molar-refractivity contribution in [3.63, 3.8) is 0 Å². The Kier molecular flexibility index (Phi) is 6.34. The number of sulfonamides is 1. The molecule has 7 nitrogen and oxygen atoms in total. The number of nitrogens with one attached hydrogen (secondary N) is 1. The van der Waals surface area contributed by atoms with Crippen LogP contribution in [0.2, 0.25) is 0 Å². The van der Waals surface area contributed by atoms with Crippen molar-refractivity contribution in [1.82, 2.24) is 10.2 Å². The molecule has 3 aliphatic rings. The van der Waals surface area contributed by atoms with E-state index in [0.29, 0.717) is 24.0 Å². The van der Waals surface area contributed by atoms with Gasteiger partial charge >= 0.3 is 0 Å². The van der Waals surface area contributed by atoms with Crippen LogP contribution in [0.4, 0.5) is 0 Å². The van der Waals surface area contributed by atoms with Crippen LogP contribution in [-0.4, -0.2) is 58.2 Å². The monoisotopic (exact) mass is 506 g/mol. The third-order valence-electron chi connectivity index (χ3n) is 5.91. The zero-order chi connectivity index (χ0) is 18.3. The number of fused-ring (bicyclic) bond motifs is 5. The van der Waals surface area contributed by atoms with E-state index in [9.17, 15) is 8.42 Å². The lowest BCUT2D eigenvalue weighted by Crippen LogP contribution is -2.42. The van der Waals surface area contributed by atoms with Crippen LogP contribution >= 0.6 is 24.0 Å². The van der Waals surface area contributed by atoms with Crippen molar-refractivity contribution in [3.8, 4) is 0 Å². The highest BCUT2D eigenvalue weighted by Gasteiger charge is 2.53. The predicted molar refractivity (Wildman–Crippen MR) is 115 cm³/mol. The lowest BCUT2D eigenvalue weighted by atomic mass is 9.82. The summed E-state index contributed by atoms with van der Waals surface area (Å²) in [6.45, 7) is 2.79. The standard InChI is InChI=1S/C18H26N4O3S.HI/c1-20-18(22-10-14-15(11-22)17-7-6-16(14)25-17)21-9-8-12-2-4-13(5-3-12)26(19,23)24;/h2-5,14-17H,6-11H2,1H3,(H,20,21)(H2,19,23,24);1H. The van der Waals surface area contributed by atoms with Gasteiger partial charge in [-0.3, -0.25) is 4.99 Å². The van der Waals surface area contributed by atoms with Crippen LogP contribution in [0, 0.1) is 11.8 Å². The molecule has 3 aliphatic heterocycles. The van der Waals surface area contributed by atoms with Gasteiger partial charge in [-0.05, 0) is 37.0 Å². The van der Waals surface area contributed by atoms with Crippen LogP contribution in [-0.2, 0) is 21.2 Å². The summed E-state index contributed by atoms with van der Waals surface area (Å²) in [4.78, 5) is 6.94. The first-order valence-electron chi connectivity index (χ1n) is 9.18. The maximum atomic E-state index is 11.3. The number of ether oxygens (including phenoxy) is 1. The second-order valence-electron chi connectivity index (χ2n) is 7.44. The summed E-state index contributed by atoms with van der Waals surface area (Å²) in [5.74, 6) is 2.25. The number of hydrogen-bond donors (Lipinski definition) is 2. The Morgan fingerprint density at radius 3 is 2.33 bits per heavy atom. The van der Waals surface area contributed by atoms with Gasteiger partial charge in [-0.15, -0.1) is 24.0 Å². The zero-order valence-electron chi connectivity index (χ0n) is 15.4. The van der Waals surface area contributed by atoms with Crippen molar-refractivity contribution in [3.05, 3.63) is 29.8 Å². The van der Waals surface area contributed by atoms with Gasteiger partial charge in [0.1, 0.15) is 0 Å². The van der Waals surface area contributed by atoms with Gasteiger partial charge in [0.05, 0.1) is 17.1 Å². The maximum absolute atomic E-state index is 11.3. The van der Waals surface area contributed by atoms with E-state index in [1.807, 2.05) is 7.05 Å². The molecule has 4 atom stereocenters. The summed E-state index contributed by atoms with van der Waals surface area (Å²) in [6.07, 6.45) is 4.11. The van der Waals surface area contributed by atoms with Crippen molar-refractivity contribution in [2.24, 2.45) is 22.0 Å². The third kappa shape index (κ3) is 4.25. The molecule has 4 rings (SSSR count). The molecule has 1 aromatic rings. The predicted octanol–water partition coefficient (Wildman–Crippen LogP) is 1.18. The Morgan fingerprint density at radius 2 is 1.81 bits per heavy atom. The Balaban J connectivity index is 0.00000210. The number of guanidine groups is 1. The quantitative estimate of drug-likeness (QED) is 0.363. The van der Waals surface area contributed by atoms with E-state index in [4.69, 9.17) is 9.88 Å². The normalized spacial score (nSPS) is 29.6.